The van der Waals surface area contributed by atoms with Crippen LogP contribution < -0.4 is 15.5 Å². The zero-order valence-corrected chi connectivity index (χ0v) is 18.1. The van der Waals surface area contributed by atoms with Crippen molar-refractivity contribution in [3.05, 3.63) is 64.3 Å². The van der Waals surface area contributed by atoms with Gasteiger partial charge < -0.3 is 20.4 Å². The molecule has 1 aromatic heterocycles. The smallest absolute Gasteiger partial charge is 0.315 e. The zero-order valence-electron chi connectivity index (χ0n) is 18.1. The van der Waals surface area contributed by atoms with Crippen LogP contribution in [-0.2, 0) is 4.79 Å². The number of rotatable bonds is 8. The van der Waals surface area contributed by atoms with Crippen LogP contribution in [0.4, 0.5) is 16.3 Å². The van der Waals surface area contributed by atoms with Crippen molar-refractivity contribution in [1.82, 2.24) is 20.5 Å². The van der Waals surface area contributed by atoms with E-state index in [1.807, 2.05) is 25.1 Å². The maximum Gasteiger partial charge on any atom is 0.315 e. The largest absolute Gasteiger partial charge is 0.353 e. The summed E-state index contributed by atoms with van der Waals surface area (Å²) < 4.78 is 0. The number of nitrogens with one attached hydrogen (secondary N) is 2. The minimum atomic E-state index is -0.460. The van der Waals surface area contributed by atoms with E-state index in [4.69, 9.17) is 0 Å². The lowest BCUT2D eigenvalue weighted by atomic mass is 10.0. The summed E-state index contributed by atoms with van der Waals surface area (Å²) in [6.07, 6.45) is 2.55. The molecule has 10 heteroatoms. The zero-order chi connectivity index (χ0) is 22.9. The first-order chi connectivity index (χ1) is 15.5. The molecule has 1 atom stereocenters. The molecule has 1 aliphatic rings. The monoisotopic (exact) mass is 440 g/mol. The summed E-state index contributed by atoms with van der Waals surface area (Å²) in [4.78, 5) is 43.6. The number of carbonyl (C=O) groups is 2. The summed E-state index contributed by atoms with van der Waals surface area (Å²) in [6.45, 7) is 4.78. The molecule has 3 rings (SSSR count). The summed E-state index contributed by atoms with van der Waals surface area (Å²) in [6, 6.07) is 11.2. The van der Waals surface area contributed by atoms with E-state index >= 15 is 0 Å². The van der Waals surface area contributed by atoms with E-state index in [2.05, 4.69) is 20.5 Å². The van der Waals surface area contributed by atoms with Gasteiger partial charge in [0, 0.05) is 57.5 Å². The fraction of sp³-hybridized carbons (Fsp3) is 0.409. The van der Waals surface area contributed by atoms with Crippen molar-refractivity contribution in [1.29, 1.82) is 0 Å². The van der Waals surface area contributed by atoms with E-state index in [9.17, 15) is 19.7 Å². The molecule has 1 unspecified atom stereocenters. The number of urea groups is 1. The van der Waals surface area contributed by atoms with Crippen LogP contribution >= 0.6 is 0 Å². The average molecular weight is 441 g/mol. The van der Waals surface area contributed by atoms with Crippen molar-refractivity contribution >= 4 is 23.4 Å². The van der Waals surface area contributed by atoms with Gasteiger partial charge in [-0.3, -0.25) is 14.9 Å². The molecule has 1 saturated heterocycles. The minimum Gasteiger partial charge on any atom is -0.353 e. The van der Waals surface area contributed by atoms with E-state index in [-0.39, 0.29) is 30.6 Å². The number of carbonyl (C=O) groups excluding carboxylic acids is 2. The molecule has 170 valence electrons. The Balaban J connectivity index is 1.41. The molecular formula is C22H28N6O4. The number of amides is 3. The number of benzene rings is 1. The van der Waals surface area contributed by atoms with E-state index in [0.29, 0.717) is 25.1 Å². The Hall–Kier alpha value is -3.69. The first-order valence-electron chi connectivity index (χ1n) is 10.7. The lowest BCUT2D eigenvalue weighted by molar-refractivity contribution is -0.384. The number of pyridine rings is 1. The first-order valence-corrected chi connectivity index (χ1v) is 10.7. The quantitative estimate of drug-likeness (QED) is 0.481. The number of nitro groups is 1. The third-order valence-electron chi connectivity index (χ3n) is 5.43. The normalized spacial score (nSPS) is 14.5. The summed E-state index contributed by atoms with van der Waals surface area (Å²) in [7, 11) is 0. The highest BCUT2D eigenvalue weighted by Gasteiger charge is 2.22. The minimum absolute atomic E-state index is 0.00306. The molecule has 0 radical (unpaired) electrons. The highest BCUT2D eigenvalue weighted by Crippen LogP contribution is 2.21. The molecule has 32 heavy (non-hydrogen) atoms. The van der Waals surface area contributed by atoms with Gasteiger partial charge in [0.25, 0.3) is 5.69 Å². The Labute approximate surface area is 186 Å². The van der Waals surface area contributed by atoms with Gasteiger partial charge in [-0.15, -0.1) is 0 Å². The molecule has 10 nitrogen and oxygen atoms in total. The predicted octanol–water partition coefficient (Wildman–Crippen LogP) is 2.48. The molecule has 0 saturated carbocycles. The number of aromatic nitrogens is 1. The van der Waals surface area contributed by atoms with Crippen LogP contribution in [0.1, 0.15) is 31.4 Å². The summed E-state index contributed by atoms with van der Waals surface area (Å²) in [5.41, 5.74) is 0.649. The summed E-state index contributed by atoms with van der Waals surface area (Å²) in [5, 5.41) is 16.5. The molecule has 2 heterocycles. The molecule has 0 bridgehead atoms. The second-order valence-corrected chi connectivity index (χ2v) is 7.52. The topological polar surface area (TPSA) is 121 Å². The highest BCUT2D eigenvalue weighted by atomic mass is 16.6. The van der Waals surface area contributed by atoms with Crippen LogP contribution in [-0.4, -0.2) is 59.5 Å². The van der Waals surface area contributed by atoms with Crippen LogP contribution in [0, 0.1) is 10.1 Å². The lowest BCUT2D eigenvalue weighted by Crippen LogP contribution is -2.49. The Kier molecular flexibility index (Phi) is 7.96. The molecular weight excluding hydrogens is 412 g/mol. The average Bonchev–Trinajstić information content (AvgIpc) is 2.83. The van der Waals surface area contributed by atoms with Crippen molar-refractivity contribution in [2.75, 3.05) is 37.6 Å². The van der Waals surface area contributed by atoms with Gasteiger partial charge in [0.2, 0.25) is 5.91 Å². The second kappa shape index (κ2) is 11.1. The van der Waals surface area contributed by atoms with E-state index in [1.165, 1.54) is 12.1 Å². The van der Waals surface area contributed by atoms with Crippen LogP contribution in [0.5, 0.6) is 0 Å². The fourth-order valence-electron chi connectivity index (χ4n) is 3.65. The molecule has 1 aliphatic heterocycles. The van der Waals surface area contributed by atoms with Crippen molar-refractivity contribution in [3.8, 4) is 0 Å². The van der Waals surface area contributed by atoms with Crippen LogP contribution in [0.25, 0.3) is 0 Å². The predicted molar refractivity (Wildman–Crippen MR) is 120 cm³/mol. The van der Waals surface area contributed by atoms with E-state index < -0.39 is 11.0 Å². The Bertz CT molecular complexity index is 931. The Morgan fingerprint density at radius 2 is 1.94 bits per heavy atom. The van der Waals surface area contributed by atoms with Gasteiger partial charge in [0.15, 0.2) is 0 Å². The Morgan fingerprint density at radius 1 is 1.16 bits per heavy atom. The lowest BCUT2D eigenvalue weighted by Gasteiger charge is -2.35. The van der Waals surface area contributed by atoms with Gasteiger partial charge in [-0.25, -0.2) is 9.78 Å². The van der Waals surface area contributed by atoms with Crippen LogP contribution in [0.15, 0.2) is 48.7 Å². The Morgan fingerprint density at radius 3 is 2.59 bits per heavy atom. The SMILES string of the molecule is CCC(NC(=O)NCCC(=O)N1CCN(c2ccccn2)CC1)c1cccc([N+](=O)[O-])c1. The molecule has 3 amide bonds. The van der Waals surface area contributed by atoms with Gasteiger partial charge in [-0.1, -0.05) is 25.1 Å². The number of hydrogen-bond donors (Lipinski definition) is 2. The molecule has 1 fully saturated rings. The molecule has 0 aliphatic carbocycles. The number of piperazine rings is 1. The third kappa shape index (κ3) is 6.16. The van der Waals surface area contributed by atoms with Crippen molar-refractivity contribution < 1.29 is 14.5 Å². The molecule has 2 N–H and O–H groups in total. The number of nitro benzene ring substituents is 1. The summed E-state index contributed by atoms with van der Waals surface area (Å²) >= 11 is 0. The van der Waals surface area contributed by atoms with Crippen molar-refractivity contribution in [2.45, 2.75) is 25.8 Å². The van der Waals surface area contributed by atoms with Gasteiger partial charge in [0.05, 0.1) is 11.0 Å². The van der Waals surface area contributed by atoms with E-state index in [1.54, 1.807) is 23.2 Å². The van der Waals surface area contributed by atoms with Crippen LogP contribution in [0.3, 0.4) is 0 Å². The standard InChI is InChI=1S/C22H28N6O4/c1-2-19(17-6-5-7-18(16-17)28(31)32)25-22(30)24-11-9-21(29)27-14-12-26(13-15-27)20-8-3-4-10-23-20/h3-8,10,16,19H,2,9,11-15H2,1H3,(H2,24,25,30). The van der Waals surface area contributed by atoms with Gasteiger partial charge in [-0.2, -0.15) is 0 Å². The van der Waals surface area contributed by atoms with Gasteiger partial charge >= 0.3 is 6.03 Å². The highest BCUT2D eigenvalue weighted by molar-refractivity contribution is 5.78. The first kappa shape index (κ1) is 23.0. The maximum atomic E-state index is 12.5. The fourth-order valence-corrected chi connectivity index (χ4v) is 3.65. The van der Waals surface area contributed by atoms with Crippen LogP contribution in [0.2, 0.25) is 0 Å². The third-order valence-corrected chi connectivity index (χ3v) is 5.43. The number of anilines is 1. The number of nitrogens with zero attached hydrogens (tertiary/aromatic N) is 4. The molecule has 0 spiro atoms. The van der Waals surface area contributed by atoms with E-state index in [0.717, 1.165) is 18.9 Å². The molecule has 1 aromatic carbocycles. The molecule has 2 aromatic rings. The van der Waals surface area contributed by atoms with Gasteiger partial charge in [-0.05, 0) is 24.1 Å². The summed E-state index contributed by atoms with van der Waals surface area (Å²) in [5.74, 6) is 0.906. The van der Waals surface area contributed by atoms with Crippen molar-refractivity contribution in [2.24, 2.45) is 0 Å². The maximum absolute atomic E-state index is 12.5. The second-order valence-electron chi connectivity index (χ2n) is 7.52. The number of hydrogen-bond acceptors (Lipinski definition) is 6. The van der Waals surface area contributed by atoms with Crippen molar-refractivity contribution in [3.63, 3.8) is 0 Å². The number of non-ortho nitro benzene ring substituents is 1. The van der Waals surface area contributed by atoms with Gasteiger partial charge in [0.1, 0.15) is 5.82 Å².